The van der Waals surface area contributed by atoms with Crippen LogP contribution in [0.1, 0.15) is 28.9 Å². The standard InChI is InChI=1S/C27H22Cl2FN5O4/c28-17-7-5-16(6-8-17)25-20(13-23(36)37)24(33-35(25)22-4-2-1-3-21(22)29)26(38)34-11-9-19(10-12-34)39-27-31-14-18(30)15-32-27/h1-8,14-15,19H,9-13H2,(H,36,37). The molecule has 0 spiro atoms. The number of benzene rings is 2. The van der Waals surface area contributed by atoms with Crippen LogP contribution in [0.5, 0.6) is 6.01 Å². The van der Waals surface area contributed by atoms with Gasteiger partial charge in [-0.1, -0.05) is 47.5 Å². The molecular weight excluding hydrogens is 548 g/mol. The zero-order valence-electron chi connectivity index (χ0n) is 20.4. The number of carbonyl (C=O) groups excluding carboxylic acids is 1. The molecule has 5 rings (SSSR count). The Bertz CT molecular complexity index is 1500. The summed E-state index contributed by atoms with van der Waals surface area (Å²) in [6.45, 7) is 0.679. The van der Waals surface area contributed by atoms with E-state index in [2.05, 4.69) is 15.1 Å². The summed E-state index contributed by atoms with van der Waals surface area (Å²) < 4.78 is 20.3. The van der Waals surface area contributed by atoms with Crippen LogP contribution in [0.15, 0.2) is 60.9 Å². The van der Waals surface area contributed by atoms with Gasteiger partial charge in [0.2, 0.25) is 0 Å². The fourth-order valence-electron chi connectivity index (χ4n) is 4.48. The first-order chi connectivity index (χ1) is 18.8. The van der Waals surface area contributed by atoms with Crippen molar-refractivity contribution in [2.45, 2.75) is 25.4 Å². The number of carboxylic acids is 1. The highest BCUT2D eigenvalue weighted by Gasteiger charge is 2.32. The van der Waals surface area contributed by atoms with Gasteiger partial charge in [-0.2, -0.15) is 5.10 Å². The number of ether oxygens (including phenoxy) is 1. The van der Waals surface area contributed by atoms with E-state index in [0.717, 1.165) is 12.4 Å². The summed E-state index contributed by atoms with van der Waals surface area (Å²) in [7, 11) is 0. The lowest BCUT2D eigenvalue weighted by atomic mass is 10.0. The number of hydrogen-bond acceptors (Lipinski definition) is 6. The maximum atomic E-state index is 13.8. The molecule has 0 radical (unpaired) electrons. The van der Waals surface area contributed by atoms with Gasteiger partial charge in [-0.15, -0.1) is 0 Å². The normalized spacial score (nSPS) is 13.9. The molecule has 3 heterocycles. The second-order valence-corrected chi connectivity index (χ2v) is 9.75. The van der Waals surface area contributed by atoms with Crippen molar-refractivity contribution in [2.75, 3.05) is 13.1 Å². The summed E-state index contributed by atoms with van der Waals surface area (Å²) in [5, 5.41) is 15.3. The van der Waals surface area contributed by atoms with Crippen LogP contribution in [-0.4, -0.2) is 60.8 Å². The minimum atomic E-state index is -1.11. The van der Waals surface area contributed by atoms with Gasteiger partial charge < -0.3 is 14.7 Å². The molecule has 4 aromatic rings. The molecule has 200 valence electrons. The van der Waals surface area contributed by atoms with Crippen molar-refractivity contribution < 1.29 is 23.8 Å². The molecule has 9 nitrogen and oxygen atoms in total. The predicted molar refractivity (Wildman–Crippen MR) is 142 cm³/mol. The Hall–Kier alpha value is -4.02. The molecule has 0 bridgehead atoms. The number of likely N-dealkylation sites (tertiary alicyclic amines) is 1. The first-order valence-electron chi connectivity index (χ1n) is 12.1. The van der Waals surface area contributed by atoms with E-state index in [1.54, 1.807) is 53.4 Å². The Morgan fingerprint density at radius 1 is 1.03 bits per heavy atom. The van der Waals surface area contributed by atoms with Gasteiger partial charge in [0.25, 0.3) is 5.91 Å². The van der Waals surface area contributed by atoms with Crippen molar-refractivity contribution in [3.8, 4) is 23.0 Å². The Labute approximate surface area is 232 Å². The third kappa shape index (κ3) is 5.86. The highest BCUT2D eigenvalue weighted by molar-refractivity contribution is 6.32. The number of carbonyl (C=O) groups is 2. The minimum absolute atomic E-state index is 0.0310. The van der Waals surface area contributed by atoms with Gasteiger partial charge in [0.05, 0.1) is 35.2 Å². The van der Waals surface area contributed by atoms with Gasteiger partial charge >= 0.3 is 12.0 Å². The van der Waals surface area contributed by atoms with Crippen molar-refractivity contribution in [1.82, 2.24) is 24.6 Å². The maximum Gasteiger partial charge on any atom is 0.316 e. The number of rotatable bonds is 7. The number of aromatic nitrogens is 4. The molecule has 0 atom stereocenters. The number of carboxylic acid groups (broad SMARTS) is 1. The topological polar surface area (TPSA) is 110 Å². The van der Waals surface area contributed by atoms with Crippen molar-refractivity contribution in [2.24, 2.45) is 0 Å². The van der Waals surface area contributed by atoms with Gasteiger partial charge in [0.15, 0.2) is 11.5 Å². The van der Waals surface area contributed by atoms with E-state index in [-0.39, 0.29) is 23.4 Å². The first-order valence-corrected chi connectivity index (χ1v) is 12.8. The highest BCUT2D eigenvalue weighted by Crippen LogP contribution is 2.34. The van der Waals surface area contributed by atoms with Gasteiger partial charge in [-0.25, -0.2) is 19.0 Å². The Morgan fingerprint density at radius 2 is 1.69 bits per heavy atom. The Morgan fingerprint density at radius 3 is 2.33 bits per heavy atom. The van der Waals surface area contributed by atoms with Crippen LogP contribution < -0.4 is 4.74 Å². The fraction of sp³-hybridized carbons (Fsp3) is 0.222. The smallest absolute Gasteiger partial charge is 0.316 e. The van der Waals surface area contributed by atoms with Crippen LogP contribution in [0.4, 0.5) is 4.39 Å². The third-order valence-corrected chi connectivity index (χ3v) is 6.88. The van der Waals surface area contributed by atoms with Crippen molar-refractivity contribution in [1.29, 1.82) is 0 Å². The van der Waals surface area contributed by atoms with Gasteiger partial charge in [-0.05, 0) is 24.3 Å². The van der Waals surface area contributed by atoms with Crippen molar-refractivity contribution in [3.05, 3.63) is 88.0 Å². The Balaban J connectivity index is 1.48. The molecule has 0 aliphatic carbocycles. The molecule has 2 aromatic heterocycles. The van der Waals surface area contributed by atoms with Gasteiger partial charge in [-0.3, -0.25) is 9.59 Å². The zero-order valence-corrected chi connectivity index (χ0v) is 21.9. The maximum absolute atomic E-state index is 13.8. The number of piperidine rings is 1. The first kappa shape index (κ1) is 26.6. The number of hydrogen-bond donors (Lipinski definition) is 1. The summed E-state index contributed by atoms with van der Waals surface area (Å²) in [5.74, 6) is -2.07. The summed E-state index contributed by atoms with van der Waals surface area (Å²) >= 11 is 12.6. The summed E-state index contributed by atoms with van der Waals surface area (Å²) in [4.78, 5) is 35.0. The minimum Gasteiger partial charge on any atom is -0.481 e. The van der Waals surface area contributed by atoms with E-state index in [0.29, 0.717) is 52.9 Å². The van der Waals surface area contributed by atoms with E-state index < -0.39 is 24.1 Å². The number of nitrogens with zero attached hydrogens (tertiary/aromatic N) is 5. The second kappa shape index (κ2) is 11.4. The highest BCUT2D eigenvalue weighted by atomic mass is 35.5. The van der Waals surface area contributed by atoms with Crippen molar-refractivity contribution >= 4 is 35.1 Å². The van der Waals surface area contributed by atoms with Crippen LogP contribution in [0, 0.1) is 5.82 Å². The molecule has 1 amide bonds. The average Bonchev–Trinajstić information content (AvgIpc) is 3.29. The lowest BCUT2D eigenvalue weighted by Gasteiger charge is -2.31. The van der Waals surface area contributed by atoms with Crippen molar-refractivity contribution in [3.63, 3.8) is 0 Å². The number of amides is 1. The molecule has 1 fully saturated rings. The largest absolute Gasteiger partial charge is 0.481 e. The number of halogens is 3. The van der Waals surface area contributed by atoms with E-state index in [4.69, 9.17) is 27.9 Å². The summed E-state index contributed by atoms with van der Waals surface area (Å²) in [6.07, 6.45) is 2.33. The number of aliphatic carboxylic acids is 1. The molecule has 1 aliphatic heterocycles. The molecule has 1 saturated heterocycles. The van der Waals surface area contributed by atoms with Gasteiger partial charge in [0.1, 0.15) is 6.10 Å². The monoisotopic (exact) mass is 569 g/mol. The van der Waals surface area contributed by atoms with E-state index in [1.165, 1.54) is 4.68 Å². The average molecular weight is 570 g/mol. The predicted octanol–water partition coefficient (Wildman–Crippen LogP) is 5.09. The van der Waals surface area contributed by atoms with E-state index in [9.17, 15) is 19.1 Å². The summed E-state index contributed by atoms with van der Waals surface area (Å²) in [5.41, 5.74) is 1.88. The molecule has 1 aliphatic rings. The quantitative estimate of drug-likeness (QED) is 0.330. The number of para-hydroxylation sites is 1. The lowest BCUT2D eigenvalue weighted by molar-refractivity contribution is -0.136. The molecule has 1 N–H and O–H groups in total. The molecule has 12 heteroatoms. The zero-order chi connectivity index (χ0) is 27.5. The molecular formula is C27H22Cl2FN5O4. The molecule has 2 aromatic carbocycles. The fourth-order valence-corrected chi connectivity index (χ4v) is 4.82. The van der Waals surface area contributed by atoms with Gasteiger partial charge in [0, 0.05) is 42.1 Å². The van der Waals surface area contributed by atoms with E-state index >= 15 is 0 Å². The lowest BCUT2D eigenvalue weighted by Crippen LogP contribution is -2.42. The molecule has 0 unspecified atom stereocenters. The third-order valence-electron chi connectivity index (χ3n) is 6.31. The summed E-state index contributed by atoms with van der Waals surface area (Å²) in [6, 6.07) is 13.9. The van der Waals surface area contributed by atoms with Crippen LogP contribution >= 0.6 is 23.2 Å². The second-order valence-electron chi connectivity index (χ2n) is 8.91. The Kier molecular flexibility index (Phi) is 7.76. The van der Waals surface area contributed by atoms with E-state index in [1.807, 2.05) is 0 Å². The van der Waals surface area contributed by atoms with Crippen LogP contribution in [0.2, 0.25) is 10.0 Å². The molecule has 39 heavy (non-hydrogen) atoms. The molecule has 0 saturated carbocycles. The van der Waals surface area contributed by atoms with Crippen LogP contribution in [0.25, 0.3) is 16.9 Å². The SMILES string of the molecule is O=C(O)Cc1c(C(=O)N2CCC(Oc3ncc(F)cn3)CC2)nn(-c2ccccc2Cl)c1-c1ccc(Cl)cc1. The van der Waals surface area contributed by atoms with Crippen LogP contribution in [0.3, 0.4) is 0 Å². The van der Waals surface area contributed by atoms with Crippen LogP contribution in [-0.2, 0) is 11.2 Å².